The number of ether oxygens (including phenoxy) is 1. The van der Waals surface area contributed by atoms with E-state index in [1.165, 1.54) is 0 Å². The van der Waals surface area contributed by atoms with Gasteiger partial charge in [0.05, 0.1) is 25.0 Å². The van der Waals surface area contributed by atoms with Gasteiger partial charge in [0.2, 0.25) is 5.91 Å². The fourth-order valence-corrected chi connectivity index (χ4v) is 4.71. The minimum absolute atomic E-state index is 0.0384. The molecule has 5 nitrogen and oxygen atoms in total. The molecule has 1 N–H and O–H groups in total. The first-order valence-corrected chi connectivity index (χ1v) is 9.41. The lowest BCUT2D eigenvalue weighted by Crippen LogP contribution is -2.26. The number of amides is 1. The molecule has 122 valence electrons. The Labute approximate surface area is 132 Å². The molecule has 1 aromatic carbocycles. The number of methoxy groups -OCH3 is 1. The smallest absolute Gasteiger partial charge is 0.224 e. The van der Waals surface area contributed by atoms with E-state index in [-0.39, 0.29) is 11.8 Å². The Morgan fingerprint density at radius 2 is 2.14 bits per heavy atom. The molecule has 2 rings (SSSR count). The fraction of sp³-hybridized carbons (Fsp3) is 0.562. The molecule has 22 heavy (non-hydrogen) atoms. The summed E-state index contributed by atoms with van der Waals surface area (Å²) >= 11 is 0. The maximum absolute atomic E-state index is 11.9. The van der Waals surface area contributed by atoms with E-state index in [1.807, 2.05) is 24.3 Å². The Morgan fingerprint density at radius 1 is 1.36 bits per heavy atom. The van der Waals surface area contributed by atoms with Gasteiger partial charge in [-0.05, 0) is 31.2 Å². The van der Waals surface area contributed by atoms with Crippen LogP contribution in [0.1, 0.15) is 24.8 Å². The van der Waals surface area contributed by atoms with Crippen LogP contribution in [0.3, 0.4) is 0 Å². The quantitative estimate of drug-likeness (QED) is 0.772. The van der Waals surface area contributed by atoms with Crippen molar-refractivity contribution in [1.29, 1.82) is 0 Å². The van der Waals surface area contributed by atoms with Gasteiger partial charge in [-0.25, -0.2) is 8.42 Å². The van der Waals surface area contributed by atoms with Gasteiger partial charge in [-0.1, -0.05) is 18.2 Å². The lowest BCUT2D eigenvalue weighted by molar-refractivity contribution is -0.120. The third-order valence-corrected chi connectivity index (χ3v) is 5.82. The number of nitrogens with one attached hydrogen (secondary N) is 1. The molecular weight excluding hydrogens is 302 g/mol. The van der Waals surface area contributed by atoms with Gasteiger partial charge in [-0.15, -0.1) is 0 Å². The van der Waals surface area contributed by atoms with Crippen molar-refractivity contribution >= 4 is 15.7 Å². The van der Waals surface area contributed by atoms with Crippen LogP contribution in [0.5, 0.6) is 5.75 Å². The van der Waals surface area contributed by atoms with Crippen LogP contribution in [0, 0.1) is 5.92 Å². The summed E-state index contributed by atoms with van der Waals surface area (Å²) in [5.74, 6) is 1.56. The van der Waals surface area contributed by atoms with Crippen LogP contribution in [-0.4, -0.2) is 39.5 Å². The minimum Gasteiger partial charge on any atom is -0.496 e. The summed E-state index contributed by atoms with van der Waals surface area (Å²) in [6, 6.07) is 7.46. The number of carbonyl (C=O) groups is 1. The summed E-state index contributed by atoms with van der Waals surface area (Å²) in [4.78, 5) is 11.9. The molecule has 0 saturated carbocycles. The summed E-state index contributed by atoms with van der Waals surface area (Å²) in [5, 5.41) is 2.88. The fourth-order valence-electron chi connectivity index (χ4n) is 2.80. The molecule has 1 atom stereocenters. The van der Waals surface area contributed by atoms with Crippen molar-refractivity contribution in [3.05, 3.63) is 29.8 Å². The molecular formula is C16H23NO4S. The zero-order valence-electron chi connectivity index (χ0n) is 12.9. The monoisotopic (exact) mass is 325 g/mol. The summed E-state index contributed by atoms with van der Waals surface area (Å²) < 4.78 is 27.9. The predicted octanol–water partition coefficient (Wildman–Crippen LogP) is 1.57. The Morgan fingerprint density at radius 3 is 2.82 bits per heavy atom. The lowest BCUT2D eigenvalue weighted by atomic mass is 10.0. The Hall–Kier alpha value is -1.56. The number of hydrogen-bond donors (Lipinski definition) is 1. The molecule has 1 aliphatic rings. The van der Waals surface area contributed by atoms with E-state index in [2.05, 4.69) is 5.32 Å². The predicted molar refractivity (Wildman–Crippen MR) is 85.7 cm³/mol. The van der Waals surface area contributed by atoms with Gasteiger partial charge in [0.25, 0.3) is 0 Å². The average molecular weight is 325 g/mol. The van der Waals surface area contributed by atoms with Crippen LogP contribution in [0.2, 0.25) is 0 Å². The summed E-state index contributed by atoms with van der Waals surface area (Å²) in [5.41, 5.74) is 0.865. The molecule has 1 heterocycles. The largest absolute Gasteiger partial charge is 0.496 e. The number of rotatable bonds is 7. The van der Waals surface area contributed by atoms with Crippen LogP contribution in [0.15, 0.2) is 24.3 Å². The van der Waals surface area contributed by atoms with Gasteiger partial charge in [0.15, 0.2) is 9.84 Å². The van der Waals surface area contributed by atoms with Crippen molar-refractivity contribution in [2.45, 2.75) is 25.7 Å². The summed E-state index contributed by atoms with van der Waals surface area (Å²) in [7, 11) is -1.21. The zero-order valence-corrected chi connectivity index (χ0v) is 13.7. The molecule has 0 bridgehead atoms. The van der Waals surface area contributed by atoms with Gasteiger partial charge >= 0.3 is 0 Å². The lowest BCUT2D eigenvalue weighted by Gasteiger charge is -2.10. The van der Waals surface area contributed by atoms with Crippen LogP contribution in [0.25, 0.3) is 0 Å². The van der Waals surface area contributed by atoms with E-state index < -0.39 is 9.84 Å². The first-order valence-electron chi connectivity index (χ1n) is 7.59. The van der Waals surface area contributed by atoms with Gasteiger partial charge in [-0.2, -0.15) is 0 Å². The number of benzene rings is 1. The highest BCUT2D eigenvalue weighted by molar-refractivity contribution is 7.91. The molecule has 1 aromatic rings. The van der Waals surface area contributed by atoms with Gasteiger partial charge in [0, 0.05) is 12.1 Å². The van der Waals surface area contributed by atoms with Gasteiger partial charge in [0.1, 0.15) is 5.75 Å². The third kappa shape index (κ3) is 5.02. The molecule has 0 aromatic heterocycles. The second-order valence-electron chi connectivity index (χ2n) is 5.75. The van der Waals surface area contributed by atoms with Crippen molar-refractivity contribution < 1.29 is 17.9 Å². The second-order valence-corrected chi connectivity index (χ2v) is 7.98. The number of hydrogen-bond acceptors (Lipinski definition) is 4. The number of sulfone groups is 1. The standard InChI is InChI=1S/C16H23NO4S/c1-21-15-7-3-2-6-14(15)11-16(18)17-9-4-5-13-8-10-22(19,20)12-13/h2-3,6-7,13H,4-5,8-12H2,1H3,(H,17,18). The summed E-state index contributed by atoms with van der Waals surface area (Å²) in [6.45, 7) is 0.588. The summed E-state index contributed by atoms with van der Waals surface area (Å²) in [6.07, 6.45) is 2.73. The molecule has 1 aliphatic heterocycles. The third-order valence-electron chi connectivity index (χ3n) is 3.98. The zero-order chi connectivity index (χ0) is 16.0. The molecule has 0 radical (unpaired) electrons. The van der Waals surface area contributed by atoms with E-state index >= 15 is 0 Å². The van der Waals surface area contributed by atoms with Crippen LogP contribution in [-0.2, 0) is 21.1 Å². The van der Waals surface area contributed by atoms with E-state index in [1.54, 1.807) is 7.11 Å². The van der Waals surface area contributed by atoms with Crippen LogP contribution in [0.4, 0.5) is 0 Å². The first kappa shape index (κ1) is 16.8. The molecule has 6 heteroatoms. The Kier molecular flexibility index (Phi) is 5.83. The SMILES string of the molecule is COc1ccccc1CC(=O)NCCCC1CCS(=O)(=O)C1. The van der Waals surface area contributed by atoms with Crippen LogP contribution >= 0.6 is 0 Å². The molecule has 1 fully saturated rings. The van der Waals surface area contributed by atoms with E-state index in [4.69, 9.17) is 4.74 Å². The van der Waals surface area contributed by atoms with E-state index in [0.29, 0.717) is 30.2 Å². The van der Waals surface area contributed by atoms with Crippen molar-refractivity contribution in [3.8, 4) is 5.75 Å². The highest BCUT2D eigenvalue weighted by atomic mass is 32.2. The highest BCUT2D eigenvalue weighted by Gasteiger charge is 2.27. The topological polar surface area (TPSA) is 72.5 Å². The van der Waals surface area contributed by atoms with E-state index in [0.717, 1.165) is 24.8 Å². The first-order chi connectivity index (χ1) is 10.5. The number of para-hydroxylation sites is 1. The molecule has 1 amide bonds. The minimum atomic E-state index is -2.80. The van der Waals surface area contributed by atoms with Crippen molar-refractivity contribution in [2.24, 2.45) is 5.92 Å². The number of carbonyl (C=O) groups excluding carboxylic acids is 1. The van der Waals surface area contributed by atoms with Crippen LogP contribution < -0.4 is 10.1 Å². The normalized spacial score (nSPS) is 19.8. The van der Waals surface area contributed by atoms with Crippen molar-refractivity contribution in [1.82, 2.24) is 5.32 Å². The molecule has 0 aliphatic carbocycles. The Balaban J connectivity index is 1.68. The Bertz CT molecular complexity index is 612. The second kappa shape index (κ2) is 7.63. The van der Waals surface area contributed by atoms with Crippen molar-refractivity contribution in [3.63, 3.8) is 0 Å². The van der Waals surface area contributed by atoms with Gasteiger partial charge < -0.3 is 10.1 Å². The van der Waals surface area contributed by atoms with Gasteiger partial charge in [-0.3, -0.25) is 4.79 Å². The maximum Gasteiger partial charge on any atom is 0.224 e. The molecule has 0 spiro atoms. The van der Waals surface area contributed by atoms with Crippen molar-refractivity contribution in [2.75, 3.05) is 25.2 Å². The molecule has 1 saturated heterocycles. The average Bonchev–Trinajstić information content (AvgIpc) is 2.83. The highest BCUT2D eigenvalue weighted by Crippen LogP contribution is 2.22. The maximum atomic E-state index is 11.9. The van der Waals surface area contributed by atoms with E-state index in [9.17, 15) is 13.2 Å². The molecule has 1 unspecified atom stereocenters.